The molecule has 4 nitrogen and oxygen atoms in total. The summed E-state index contributed by atoms with van der Waals surface area (Å²) in [5.41, 5.74) is 1.02. The molecule has 0 radical (unpaired) electrons. The van der Waals surface area contributed by atoms with Crippen molar-refractivity contribution in [3.05, 3.63) is 58.9 Å². The van der Waals surface area contributed by atoms with E-state index < -0.39 is 15.8 Å². The molecule has 0 bridgehead atoms. The Morgan fingerprint density at radius 1 is 1.26 bits per heavy atom. The average molecular weight is 430 g/mol. The van der Waals surface area contributed by atoms with Gasteiger partial charge in [-0.05, 0) is 43.2 Å². The summed E-state index contributed by atoms with van der Waals surface area (Å²) in [4.78, 5) is -0.0513. The number of thioether (sulfide) groups is 1. The van der Waals surface area contributed by atoms with Gasteiger partial charge < -0.3 is 4.74 Å². The molecule has 146 valence electrons. The van der Waals surface area contributed by atoms with E-state index in [0.29, 0.717) is 36.9 Å². The quantitative estimate of drug-likeness (QED) is 0.688. The molecule has 1 aliphatic rings. The maximum Gasteiger partial charge on any atom is 0.243 e. The number of nitrogens with zero attached hydrogens (tertiary/aromatic N) is 1. The van der Waals surface area contributed by atoms with E-state index in [0.717, 1.165) is 11.6 Å². The highest BCUT2D eigenvalue weighted by molar-refractivity contribution is 7.99. The molecule has 0 N–H and O–H groups in total. The van der Waals surface area contributed by atoms with Crippen LogP contribution in [0.15, 0.2) is 47.4 Å². The Morgan fingerprint density at radius 3 is 2.74 bits per heavy atom. The van der Waals surface area contributed by atoms with Gasteiger partial charge in [-0.25, -0.2) is 12.8 Å². The third-order valence-corrected chi connectivity index (χ3v) is 7.94. The van der Waals surface area contributed by atoms with Gasteiger partial charge in [0.2, 0.25) is 10.0 Å². The highest BCUT2D eigenvalue weighted by Gasteiger charge is 2.29. The van der Waals surface area contributed by atoms with Gasteiger partial charge in [0.15, 0.2) is 11.6 Å². The van der Waals surface area contributed by atoms with Crippen LogP contribution in [0.4, 0.5) is 4.39 Å². The van der Waals surface area contributed by atoms with Crippen molar-refractivity contribution in [3.63, 3.8) is 0 Å². The molecular formula is C19H21ClFNO3S2. The zero-order valence-corrected chi connectivity index (χ0v) is 17.3. The van der Waals surface area contributed by atoms with Crippen LogP contribution >= 0.6 is 23.4 Å². The minimum Gasteiger partial charge on any atom is -0.491 e. The fourth-order valence-electron chi connectivity index (χ4n) is 3.04. The molecule has 1 fully saturated rings. The van der Waals surface area contributed by atoms with Crippen molar-refractivity contribution in [1.82, 2.24) is 4.31 Å². The van der Waals surface area contributed by atoms with E-state index in [9.17, 15) is 12.8 Å². The summed E-state index contributed by atoms with van der Waals surface area (Å²) in [6.07, 6.45) is 0.646. The maximum atomic E-state index is 14.1. The second-order valence-electron chi connectivity index (χ2n) is 6.10. The molecule has 2 aromatic carbocycles. The Kier molecular flexibility index (Phi) is 6.68. The second kappa shape index (κ2) is 8.82. The lowest BCUT2D eigenvalue weighted by molar-refractivity contribution is 0.321. The minimum atomic E-state index is -3.76. The van der Waals surface area contributed by atoms with Gasteiger partial charge >= 0.3 is 0 Å². The zero-order chi connectivity index (χ0) is 19.4. The van der Waals surface area contributed by atoms with Crippen LogP contribution in [0, 0.1) is 5.82 Å². The van der Waals surface area contributed by atoms with Crippen molar-refractivity contribution in [3.8, 4) is 5.75 Å². The van der Waals surface area contributed by atoms with Gasteiger partial charge in [-0.15, -0.1) is 0 Å². The molecule has 0 spiro atoms. The number of rotatable bonds is 5. The molecule has 1 atom stereocenters. The highest BCUT2D eigenvalue weighted by atomic mass is 35.5. The normalized spacial score (nSPS) is 18.9. The van der Waals surface area contributed by atoms with Crippen LogP contribution in [0.2, 0.25) is 5.02 Å². The molecule has 1 unspecified atom stereocenters. The number of ether oxygens (including phenoxy) is 1. The van der Waals surface area contributed by atoms with E-state index in [-0.39, 0.29) is 15.9 Å². The van der Waals surface area contributed by atoms with Crippen LogP contribution in [0.3, 0.4) is 0 Å². The first-order valence-electron chi connectivity index (χ1n) is 8.72. The summed E-state index contributed by atoms with van der Waals surface area (Å²) < 4.78 is 46.6. The van der Waals surface area contributed by atoms with Gasteiger partial charge in [-0.1, -0.05) is 29.8 Å². The van der Waals surface area contributed by atoms with Gasteiger partial charge in [0.05, 0.1) is 11.5 Å². The predicted octanol–water partition coefficient (Wildman–Crippen LogP) is 4.75. The Bertz CT molecular complexity index is 908. The summed E-state index contributed by atoms with van der Waals surface area (Å²) in [6.45, 7) is 2.80. The molecule has 1 aliphatic heterocycles. The van der Waals surface area contributed by atoms with E-state index in [2.05, 4.69) is 0 Å². The number of halogens is 2. The molecule has 8 heteroatoms. The molecule has 27 heavy (non-hydrogen) atoms. The molecule has 2 aromatic rings. The third kappa shape index (κ3) is 4.59. The summed E-state index contributed by atoms with van der Waals surface area (Å²) in [5.74, 6) is 0.0342. The Morgan fingerprint density at radius 2 is 2.04 bits per heavy atom. The van der Waals surface area contributed by atoms with Crippen molar-refractivity contribution in [2.45, 2.75) is 23.5 Å². The van der Waals surface area contributed by atoms with Crippen LogP contribution in [-0.4, -0.2) is 38.2 Å². The van der Waals surface area contributed by atoms with Crippen LogP contribution in [0.1, 0.15) is 24.2 Å². The first-order valence-corrected chi connectivity index (χ1v) is 11.6. The van der Waals surface area contributed by atoms with Crippen molar-refractivity contribution < 1.29 is 17.5 Å². The number of benzene rings is 2. The first kappa shape index (κ1) is 20.5. The van der Waals surface area contributed by atoms with Crippen LogP contribution in [0.25, 0.3) is 0 Å². The van der Waals surface area contributed by atoms with E-state index in [1.54, 1.807) is 18.7 Å². The number of hydrogen-bond donors (Lipinski definition) is 0. The predicted molar refractivity (Wildman–Crippen MR) is 108 cm³/mol. The van der Waals surface area contributed by atoms with E-state index >= 15 is 0 Å². The average Bonchev–Trinajstić information content (AvgIpc) is 2.90. The van der Waals surface area contributed by atoms with Crippen LogP contribution in [-0.2, 0) is 10.0 Å². The van der Waals surface area contributed by atoms with Crippen molar-refractivity contribution in [1.29, 1.82) is 0 Å². The topological polar surface area (TPSA) is 46.6 Å². The largest absolute Gasteiger partial charge is 0.491 e. The molecule has 1 heterocycles. The standard InChI is InChI=1S/C19H21ClFNO3S2/c1-2-25-18-8-7-14(13-17(18)21)27(23,24)22-10-9-19(26-12-11-22)15-5-3-4-6-16(15)20/h3-8,13,19H,2,9-12H2,1H3. The molecule has 3 rings (SSSR count). The highest BCUT2D eigenvalue weighted by Crippen LogP contribution is 2.38. The van der Waals surface area contributed by atoms with Crippen LogP contribution in [0.5, 0.6) is 5.75 Å². The Balaban J connectivity index is 1.78. The third-order valence-electron chi connectivity index (χ3n) is 4.39. The number of hydrogen-bond acceptors (Lipinski definition) is 4. The zero-order valence-electron chi connectivity index (χ0n) is 14.9. The van der Waals surface area contributed by atoms with Gasteiger partial charge in [0, 0.05) is 29.1 Å². The second-order valence-corrected chi connectivity index (χ2v) is 9.75. The molecule has 1 saturated heterocycles. The van der Waals surface area contributed by atoms with Gasteiger partial charge in [0.25, 0.3) is 0 Å². The summed E-state index contributed by atoms with van der Waals surface area (Å²) in [5, 5.41) is 0.829. The molecule has 0 saturated carbocycles. The lowest BCUT2D eigenvalue weighted by atomic mass is 10.1. The Hall–Kier alpha value is -1.28. The maximum absolute atomic E-state index is 14.1. The molecular weight excluding hydrogens is 409 g/mol. The number of sulfonamides is 1. The fourth-order valence-corrected chi connectivity index (χ4v) is 6.22. The first-order chi connectivity index (χ1) is 12.9. The van der Waals surface area contributed by atoms with Crippen molar-refractivity contribution in [2.75, 3.05) is 25.4 Å². The van der Waals surface area contributed by atoms with Gasteiger partial charge in [0.1, 0.15) is 0 Å². The molecule has 0 aromatic heterocycles. The molecule has 0 aliphatic carbocycles. The fraction of sp³-hybridized carbons (Fsp3) is 0.368. The van der Waals surface area contributed by atoms with Gasteiger partial charge in [-0.2, -0.15) is 16.1 Å². The van der Waals surface area contributed by atoms with Crippen molar-refractivity contribution in [2.24, 2.45) is 0 Å². The monoisotopic (exact) mass is 429 g/mol. The lowest BCUT2D eigenvalue weighted by Gasteiger charge is -2.20. The summed E-state index contributed by atoms with van der Waals surface area (Å²) in [7, 11) is -3.76. The van der Waals surface area contributed by atoms with Crippen molar-refractivity contribution >= 4 is 33.4 Å². The van der Waals surface area contributed by atoms with E-state index in [1.165, 1.54) is 16.4 Å². The van der Waals surface area contributed by atoms with Gasteiger partial charge in [-0.3, -0.25) is 0 Å². The minimum absolute atomic E-state index is 0.0513. The van der Waals surface area contributed by atoms with E-state index in [4.69, 9.17) is 16.3 Å². The smallest absolute Gasteiger partial charge is 0.243 e. The lowest BCUT2D eigenvalue weighted by Crippen LogP contribution is -2.33. The van der Waals surface area contributed by atoms with Crippen LogP contribution < -0.4 is 4.74 Å². The Labute approximate surface area is 168 Å². The summed E-state index contributed by atoms with van der Waals surface area (Å²) in [6, 6.07) is 11.4. The SMILES string of the molecule is CCOc1ccc(S(=O)(=O)N2CCSC(c3ccccc3Cl)CC2)cc1F. The van der Waals surface area contributed by atoms with E-state index in [1.807, 2.05) is 24.3 Å². The molecule has 0 amide bonds. The summed E-state index contributed by atoms with van der Waals surface area (Å²) >= 11 is 7.99.